The van der Waals surface area contributed by atoms with Crippen LogP contribution >= 0.6 is 23.4 Å². The molecule has 0 saturated heterocycles. The summed E-state index contributed by atoms with van der Waals surface area (Å²) in [4.78, 5) is 12.2. The van der Waals surface area contributed by atoms with E-state index in [-0.39, 0.29) is 11.7 Å². The Kier molecular flexibility index (Phi) is 6.76. The molecule has 1 aliphatic carbocycles. The van der Waals surface area contributed by atoms with E-state index < -0.39 is 0 Å². The van der Waals surface area contributed by atoms with Crippen LogP contribution in [0, 0.1) is 0 Å². The predicted octanol–water partition coefficient (Wildman–Crippen LogP) is 4.71. The molecule has 0 spiro atoms. The minimum atomic E-state index is 0.0214. The number of halogens is 1. The van der Waals surface area contributed by atoms with Gasteiger partial charge in [0.2, 0.25) is 11.8 Å². The second-order valence-corrected chi connectivity index (χ2v) is 7.58. The molecule has 0 aliphatic heterocycles. The highest BCUT2D eigenvalue weighted by molar-refractivity contribution is 7.99. The summed E-state index contributed by atoms with van der Waals surface area (Å²) >= 11 is 7.38. The van der Waals surface area contributed by atoms with E-state index in [4.69, 9.17) is 16.0 Å². The zero-order chi connectivity index (χ0) is 17.5. The first-order valence-corrected chi connectivity index (χ1v) is 10.1. The molecule has 2 aromatic rings. The maximum atomic E-state index is 12.2. The van der Waals surface area contributed by atoms with Crippen molar-refractivity contribution in [3.8, 4) is 11.5 Å². The highest BCUT2D eigenvalue weighted by atomic mass is 35.5. The SMILES string of the molecule is O=C(CSc1nnc(-c2ccccc2Cl)o1)NC1CCCCCCC1. The molecular weight excluding hydrogens is 358 g/mol. The van der Waals surface area contributed by atoms with Crippen LogP contribution in [0.2, 0.25) is 5.02 Å². The number of thioether (sulfide) groups is 1. The van der Waals surface area contributed by atoms with Crippen molar-refractivity contribution in [2.45, 2.75) is 56.2 Å². The number of carbonyl (C=O) groups excluding carboxylic acids is 1. The molecule has 1 N–H and O–H groups in total. The summed E-state index contributed by atoms with van der Waals surface area (Å²) < 4.78 is 5.60. The Morgan fingerprint density at radius 1 is 1.16 bits per heavy atom. The molecule has 0 atom stereocenters. The van der Waals surface area contributed by atoms with E-state index in [1.54, 1.807) is 6.07 Å². The van der Waals surface area contributed by atoms with Gasteiger partial charge in [-0.25, -0.2) is 0 Å². The number of nitrogens with zero attached hydrogens (tertiary/aromatic N) is 2. The summed E-state index contributed by atoms with van der Waals surface area (Å²) in [5.41, 5.74) is 0.697. The fourth-order valence-corrected chi connectivity index (χ4v) is 3.80. The zero-order valence-electron chi connectivity index (χ0n) is 14.0. The Bertz CT molecular complexity index is 699. The molecule has 1 fully saturated rings. The van der Waals surface area contributed by atoms with Crippen LogP contribution in [0.4, 0.5) is 0 Å². The van der Waals surface area contributed by atoms with Crippen LogP contribution in [0.5, 0.6) is 0 Å². The zero-order valence-corrected chi connectivity index (χ0v) is 15.6. The number of hydrogen-bond donors (Lipinski definition) is 1. The van der Waals surface area contributed by atoms with Gasteiger partial charge in [0.1, 0.15) is 0 Å². The normalized spacial score (nSPS) is 16.2. The number of benzene rings is 1. The molecule has 1 aromatic heterocycles. The van der Waals surface area contributed by atoms with Gasteiger partial charge in [-0.15, -0.1) is 10.2 Å². The summed E-state index contributed by atoms with van der Waals surface area (Å²) in [5.74, 6) is 0.669. The van der Waals surface area contributed by atoms with Crippen molar-refractivity contribution in [3.63, 3.8) is 0 Å². The van der Waals surface area contributed by atoms with Crippen LogP contribution in [0.15, 0.2) is 33.9 Å². The van der Waals surface area contributed by atoms with Crippen molar-refractivity contribution in [1.82, 2.24) is 15.5 Å². The molecule has 134 valence electrons. The van der Waals surface area contributed by atoms with E-state index >= 15 is 0 Å². The highest BCUT2D eigenvalue weighted by Gasteiger charge is 2.16. The third kappa shape index (κ3) is 5.47. The third-order valence-corrected chi connectivity index (χ3v) is 5.46. The molecule has 1 heterocycles. The fourth-order valence-electron chi connectivity index (χ4n) is 3.01. The molecule has 0 radical (unpaired) electrons. The summed E-state index contributed by atoms with van der Waals surface area (Å²) in [7, 11) is 0. The number of hydrogen-bond acceptors (Lipinski definition) is 5. The minimum Gasteiger partial charge on any atom is -0.411 e. The van der Waals surface area contributed by atoms with Crippen LogP contribution in [0.1, 0.15) is 44.9 Å². The Balaban J connectivity index is 1.50. The van der Waals surface area contributed by atoms with Crippen LogP contribution in [0.25, 0.3) is 11.5 Å². The van der Waals surface area contributed by atoms with E-state index in [9.17, 15) is 4.79 Å². The average molecular weight is 380 g/mol. The Hall–Kier alpha value is -1.53. The van der Waals surface area contributed by atoms with Gasteiger partial charge in [0.15, 0.2) is 0 Å². The molecular formula is C18H22ClN3O2S. The van der Waals surface area contributed by atoms with E-state index in [1.807, 2.05) is 18.2 Å². The van der Waals surface area contributed by atoms with E-state index in [2.05, 4.69) is 15.5 Å². The van der Waals surface area contributed by atoms with Gasteiger partial charge in [0.05, 0.1) is 16.3 Å². The first kappa shape index (κ1) is 18.3. The molecule has 1 aliphatic rings. The molecule has 1 amide bonds. The standard InChI is InChI=1S/C18H22ClN3O2S/c19-15-11-7-6-10-14(15)17-21-22-18(24-17)25-12-16(23)20-13-8-4-2-1-3-5-9-13/h6-7,10-11,13H,1-5,8-9,12H2,(H,20,23). The predicted molar refractivity (Wildman–Crippen MR) is 99.7 cm³/mol. The molecule has 0 bridgehead atoms. The van der Waals surface area contributed by atoms with Crippen molar-refractivity contribution in [1.29, 1.82) is 0 Å². The Labute approximate surface area is 156 Å². The van der Waals surface area contributed by atoms with E-state index in [0.29, 0.717) is 27.7 Å². The van der Waals surface area contributed by atoms with Gasteiger partial charge >= 0.3 is 0 Å². The maximum absolute atomic E-state index is 12.2. The summed E-state index contributed by atoms with van der Waals surface area (Å²) in [6, 6.07) is 7.61. The first-order chi connectivity index (χ1) is 12.2. The molecule has 5 nitrogen and oxygen atoms in total. The molecule has 7 heteroatoms. The van der Waals surface area contributed by atoms with Gasteiger partial charge in [-0.05, 0) is 25.0 Å². The van der Waals surface area contributed by atoms with Gasteiger partial charge < -0.3 is 9.73 Å². The van der Waals surface area contributed by atoms with E-state index in [0.717, 1.165) is 12.8 Å². The minimum absolute atomic E-state index is 0.0214. The molecule has 0 unspecified atom stereocenters. The first-order valence-electron chi connectivity index (χ1n) is 8.73. The number of aromatic nitrogens is 2. The van der Waals surface area contributed by atoms with Crippen LogP contribution in [-0.4, -0.2) is 27.9 Å². The lowest BCUT2D eigenvalue weighted by molar-refractivity contribution is -0.119. The third-order valence-electron chi connectivity index (χ3n) is 4.31. The van der Waals surface area contributed by atoms with Crippen molar-refractivity contribution >= 4 is 29.3 Å². The smallest absolute Gasteiger partial charge is 0.277 e. The Morgan fingerprint density at radius 3 is 2.64 bits per heavy atom. The van der Waals surface area contributed by atoms with Gasteiger partial charge in [-0.3, -0.25) is 4.79 Å². The lowest BCUT2D eigenvalue weighted by Crippen LogP contribution is -2.36. The highest BCUT2D eigenvalue weighted by Crippen LogP contribution is 2.28. The van der Waals surface area contributed by atoms with Crippen molar-refractivity contribution in [2.24, 2.45) is 0 Å². The monoisotopic (exact) mass is 379 g/mol. The maximum Gasteiger partial charge on any atom is 0.277 e. The molecule has 1 saturated carbocycles. The van der Waals surface area contributed by atoms with Gasteiger partial charge in [-0.1, -0.05) is 67.6 Å². The summed E-state index contributed by atoms with van der Waals surface area (Å²) in [6.45, 7) is 0. The van der Waals surface area contributed by atoms with Crippen molar-refractivity contribution in [2.75, 3.05) is 5.75 Å². The second-order valence-electron chi connectivity index (χ2n) is 6.25. The largest absolute Gasteiger partial charge is 0.411 e. The molecule has 3 rings (SSSR count). The summed E-state index contributed by atoms with van der Waals surface area (Å²) in [5, 5.41) is 12.1. The number of carbonyl (C=O) groups is 1. The van der Waals surface area contributed by atoms with Gasteiger partial charge in [0, 0.05) is 6.04 Å². The Morgan fingerprint density at radius 2 is 1.88 bits per heavy atom. The quantitative estimate of drug-likeness (QED) is 0.762. The van der Waals surface area contributed by atoms with E-state index in [1.165, 1.54) is 43.9 Å². The van der Waals surface area contributed by atoms with Crippen molar-refractivity contribution in [3.05, 3.63) is 29.3 Å². The van der Waals surface area contributed by atoms with Crippen LogP contribution < -0.4 is 5.32 Å². The number of rotatable bonds is 5. The van der Waals surface area contributed by atoms with Crippen LogP contribution in [0.3, 0.4) is 0 Å². The van der Waals surface area contributed by atoms with Gasteiger partial charge in [-0.2, -0.15) is 0 Å². The second kappa shape index (κ2) is 9.25. The molecule has 1 aromatic carbocycles. The average Bonchev–Trinajstić information content (AvgIpc) is 3.04. The number of amides is 1. The summed E-state index contributed by atoms with van der Waals surface area (Å²) in [6.07, 6.45) is 8.41. The molecule has 25 heavy (non-hydrogen) atoms. The lowest BCUT2D eigenvalue weighted by Gasteiger charge is -2.20. The van der Waals surface area contributed by atoms with Crippen molar-refractivity contribution < 1.29 is 9.21 Å². The fraction of sp³-hybridized carbons (Fsp3) is 0.500. The lowest BCUT2D eigenvalue weighted by atomic mass is 9.97. The van der Waals surface area contributed by atoms with Gasteiger partial charge in [0.25, 0.3) is 5.22 Å². The van der Waals surface area contributed by atoms with Crippen LogP contribution in [-0.2, 0) is 4.79 Å². The number of nitrogens with one attached hydrogen (secondary N) is 1. The topological polar surface area (TPSA) is 68.0 Å².